The molecule has 1 amide bonds. The monoisotopic (exact) mass is 247 g/mol. The Balaban J connectivity index is 1.92. The van der Waals surface area contributed by atoms with E-state index in [0.29, 0.717) is 19.1 Å². The van der Waals surface area contributed by atoms with Gasteiger partial charge in [0.25, 0.3) is 0 Å². The van der Waals surface area contributed by atoms with Crippen molar-refractivity contribution in [3.63, 3.8) is 0 Å². The van der Waals surface area contributed by atoms with Gasteiger partial charge in [-0.1, -0.05) is 30.3 Å². The smallest absolute Gasteiger partial charge is 0.234 e. The van der Waals surface area contributed by atoms with Crippen LogP contribution < -0.4 is 11.1 Å². The standard InChI is InChI=1S/C14H21N3O/c1-17(10-14(18)16-12-7-8-12)13(9-15)11-5-3-2-4-6-11/h2-6,12-13H,7-10,15H2,1H3,(H,16,18). The first-order valence-electron chi connectivity index (χ1n) is 6.45. The molecule has 2 rings (SSSR count). The summed E-state index contributed by atoms with van der Waals surface area (Å²) in [5.41, 5.74) is 6.98. The molecule has 3 N–H and O–H groups in total. The number of nitrogens with two attached hydrogens (primary N) is 1. The van der Waals surface area contributed by atoms with Gasteiger partial charge in [0.2, 0.25) is 5.91 Å². The molecule has 1 aromatic rings. The van der Waals surface area contributed by atoms with Gasteiger partial charge in [-0.25, -0.2) is 0 Å². The highest BCUT2D eigenvalue weighted by Gasteiger charge is 2.25. The lowest BCUT2D eigenvalue weighted by molar-refractivity contribution is -0.122. The zero-order valence-electron chi connectivity index (χ0n) is 10.8. The van der Waals surface area contributed by atoms with E-state index in [9.17, 15) is 4.79 Å². The van der Waals surface area contributed by atoms with Crippen molar-refractivity contribution in [2.75, 3.05) is 20.1 Å². The van der Waals surface area contributed by atoms with Gasteiger partial charge < -0.3 is 11.1 Å². The summed E-state index contributed by atoms with van der Waals surface area (Å²) in [4.78, 5) is 13.8. The molecule has 4 nitrogen and oxygen atoms in total. The molecule has 18 heavy (non-hydrogen) atoms. The summed E-state index contributed by atoms with van der Waals surface area (Å²) in [6, 6.07) is 10.6. The second-order valence-electron chi connectivity index (χ2n) is 4.92. The van der Waals surface area contributed by atoms with Crippen LogP contribution >= 0.6 is 0 Å². The summed E-state index contributed by atoms with van der Waals surface area (Å²) < 4.78 is 0. The molecule has 4 heteroatoms. The highest BCUT2D eigenvalue weighted by atomic mass is 16.2. The van der Waals surface area contributed by atoms with Crippen LogP contribution in [0.4, 0.5) is 0 Å². The van der Waals surface area contributed by atoms with E-state index >= 15 is 0 Å². The molecule has 1 aliphatic carbocycles. The van der Waals surface area contributed by atoms with Gasteiger partial charge in [-0.2, -0.15) is 0 Å². The zero-order valence-corrected chi connectivity index (χ0v) is 10.8. The van der Waals surface area contributed by atoms with Gasteiger partial charge in [0.05, 0.1) is 6.54 Å². The predicted molar refractivity (Wildman–Crippen MR) is 72.0 cm³/mol. The number of hydrogen-bond donors (Lipinski definition) is 2. The normalized spacial score (nSPS) is 16.6. The Hall–Kier alpha value is -1.39. The molecule has 1 unspecified atom stereocenters. The predicted octanol–water partition coefficient (Wildman–Crippen LogP) is 0.897. The van der Waals surface area contributed by atoms with Crippen molar-refractivity contribution >= 4 is 5.91 Å². The number of benzene rings is 1. The summed E-state index contributed by atoms with van der Waals surface area (Å²) in [6.45, 7) is 0.907. The van der Waals surface area contributed by atoms with Crippen LogP contribution in [0.15, 0.2) is 30.3 Å². The lowest BCUT2D eigenvalue weighted by atomic mass is 10.1. The number of carbonyl (C=O) groups is 1. The number of hydrogen-bond acceptors (Lipinski definition) is 3. The van der Waals surface area contributed by atoms with Crippen LogP contribution in [0.2, 0.25) is 0 Å². The SMILES string of the molecule is CN(CC(=O)NC1CC1)C(CN)c1ccccc1. The van der Waals surface area contributed by atoms with Gasteiger partial charge in [0.15, 0.2) is 0 Å². The highest BCUT2D eigenvalue weighted by Crippen LogP contribution is 2.20. The van der Waals surface area contributed by atoms with Crippen molar-refractivity contribution in [1.29, 1.82) is 0 Å². The van der Waals surface area contributed by atoms with E-state index in [1.165, 1.54) is 0 Å². The minimum Gasteiger partial charge on any atom is -0.352 e. The number of likely N-dealkylation sites (N-methyl/N-ethyl adjacent to an activating group) is 1. The lowest BCUT2D eigenvalue weighted by Crippen LogP contribution is -2.40. The maximum Gasteiger partial charge on any atom is 0.234 e. The molecular weight excluding hydrogens is 226 g/mol. The van der Waals surface area contributed by atoms with Gasteiger partial charge in [0, 0.05) is 18.6 Å². The molecule has 1 aliphatic rings. The Kier molecular flexibility index (Phi) is 4.33. The molecule has 0 radical (unpaired) electrons. The van der Waals surface area contributed by atoms with Crippen molar-refractivity contribution in [2.24, 2.45) is 5.73 Å². The van der Waals surface area contributed by atoms with Crippen molar-refractivity contribution in [2.45, 2.75) is 24.9 Å². The summed E-state index contributed by atoms with van der Waals surface area (Å²) in [6.07, 6.45) is 2.24. The summed E-state index contributed by atoms with van der Waals surface area (Å²) in [5.74, 6) is 0.0920. The molecule has 0 spiro atoms. The molecule has 1 aromatic carbocycles. The fourth-order valence-corrected chi connectivity index (χ4v) is 2.08. The second kappa shape index (κ2) is 5.98. The van der Waals surface area contributed by atoms with E-state index < -0.39 is 0 Å². The third kappa shape index (κ3) is 3.55. The molecule has 0 heterocycles. The first kappa shape index (κ1) is 13.1. The third-order valence-electron chi connectivity index (χ3n) is 3.28. The van der Waals surface area contributed by atoms with Crippen LogP contribution in [0, 0.1) is 0 Å². The molecule has 1 saturated carbocycles. The number of nitrogens with zero attached hydrogens (tertiary/aromatic N) is 1. The molecule has 1 fully saturated rings. The largest absolute Gasteiger partial charge is 0.352 e. The van der Waals surface area contributed by atoms with Crippen molar-refractivity contribution < 1.29 is 4.79 Å². The Bertz CT molecular complexity index is 389. The van der Waals surface area contributed by atoms with Crippen molar-refractivity contribution in [3.05, 3.63) is 35.9 Å². The van der Waals surface area contributed by atoms with Crippen LogP contribution in [0.5, 0.6) is 0 Å². The van der Waals surface area contributed by atoms with Gasteiger partial charge in [-0.3, -0.25) is 9.69 Å². The number of nitrogens with one attached hydrogen (secondary N) is 1. The van der Waals surface area contributed by atoms with Gasteiger partial charge in [-0.15, -0.1) is 0 Å². The Morgan fingerprint density at radius 2 is 2.11 bits per heavy atom. The number of rotatable bonds is 6. The van der Waals surface area contributed by atoms with Crippen molar-refractivity contribution in [3.8, 4) is 0 Å². The molecule has 0 bridgehead atoms. The first-order valence-corrected chi connectivity index (χ1v) is 6.45. The second-order valence-corrected chi connectivity index (χ2v) is 4.92. The zero-order chi connectivity index (χ0) is 13.0. The van der Waals surface area contributed by atoms with Crippen LogP contribution in [-0.4, -0.2) is 37.0 Å². The van der Waals surface area contributed by atoms with E-state index in [-0.39, 0.29) is 11.9 Å². The van der Waals surface area contributed by atoms with Crippen LogP contribution in [-0.2, 0) is 4.79 Å². The van der Waals surface area contributed by atoms with E-state index in [1.807, 2.05) is 42.3 Å². The first-order chi connectivity index (χ1) is 8.70. The minimum atomic E-state index is 0.0920. The fourth-order valence-electron chi connectivity index (χ4n) is 2.08. The van der Waals surface area contributed by atoms with E-state index in [1.54, 1.807) is 0 Å². The van der Waals surface area contributed by atoms with E-state index in [2.05, 4.69) is 5.32 Å². The average Bonchev–Trinajstić information content (AvgIpc) is 3.15. The molecule has 1 atom stereocenters. The molecule has 0 saturated heterocycles. The number of amides is 1. The topological polar surface area (TPSA) is 58.4 Å². The maximum atomic E-state index is 11.8. The summed E-state index contributed by atoms with van der Waals surface area (Å²) >= 11 is 0. The van der Waals surface area contributed by atoms with Gasteiger partial charge in [0.1, 0.15) is 0 Å². The lowest BCUT2D eigenvalue weighted by Gasteiger charge is -2.26. The van der Waals surface area contributed by atoms with Gasteiger partial charge in [-0.05, 0) is 25.5 Å². The third-order valence-corrected chi connectivity index (χ3v) is 3.28. The average molecular weight is 247 g/mol. The molecule has 0 aromatic heterocycles. The number of carbonyl (C=O) groups excluding carboxylic acids is 1. The van der Waals surface area contributed by atoms with E-state index in [0.717, 1.165) is 18.4 Å². The Morgan fingerprint density at radius 3 is 2.67 bits per heavy atom. The van der Waals surface area contributed by atoms with Crippen LogP contribution in [0.1, 0.15) is 24.4 Å². The van der Waals surface area contributed by atoms with Crippen LogP contribution in [0.3, 0.4) is 0 Å². The summed E-state index contributed by atoms with van der Waals surface area (Å²) in [7, 11) is 1.94. The Labute approximate surface area is 108 Å². The van der Waals surface area contributed by atoms with Crippen LogP contribution in [0.25, 0.3) is 0 Å². The molecule has 98 valence electrons. The molecule has 0 aliphatic heterocycles. The van der Waals surface area contributed by atoms with E-state index in [4.69, 9.17) is 5.73 Å². The Morgan fingerprint density at radius 1 is 1.44 bits per heavy atom. The van der Waals surface area contributed by atoms with Crippen molar-refractivity contribution in [1.82, 2.24) is 10.2 Å². The highest BCUT2D eigenvalue weighted by molar-refractivity contribution is 5.78. The minimum absolute atomic E-state index is 0.0920. The quantitative estimate of drug-likeness (QED) is 0.785. The summed E-state index contributed by atoms with van der Waals surface area (Å²) in [5, 5.41) is 2.99. The maximum absolute atomic E-state index is 11.8. The van der Waals surface area contributed by atoms with Gasteiger partial charge >= 0.3 is 0 Å². The fraction of sp³-hybridized carbons (Fsp3) is 0.500. The molecular formula is C14H21N3O.